The summed E-state index contributed by atoms with van der Waals surface area (Å²) in [6, 6.07) is 14.8. The Morgan fingerprint density at radius 1 is 1.05 bits per heavy atom. The van der Waals surface area contributed by atoms with Crippen molar-refractivity contribution in [1.29, 1.82) is 0 Å². The third-order valence-corrected chi connectivity index (χ3v) is 3.28. The Morgan fingerprint density at radius 2 is 1.73 bits per heavy atom. The molecule has 0 saturated carbocycles. The molecule has 1 amide bonds. The lowest BCUT2D eigenvalue weighted by Crippen LogP contribution is -2.25. The zero-order valence-electron chi connectivity index (χ0n) is 12.9. The molecule has 0 fully saturated rings. The lowest BCUT2D eigenvalue weighted by Gasteiger charge is -2.18. The first-order valence-electron chi connectivity index (χ1n) is 7.07. The maximum atomic E-state index is 12.5. The minimum absolute atomic E-state index is 0.366. The van der Waals surface area contributed by atoms with Crippen LogP contribution in [0.2, 0.25) is 0 Å². The summed E-state index contributed by atoms with van der Waals surface area (Å²) in [7, 11) is 0. The highest BCUT2D eigenvalue weighted by Gasteiger charge is 2.24. The molecule has 0 radical (unpaired) electrons. The fraction of sp³-hybridized carbons (Fsp3) is 0.222. The van der Waals surface area contributed by atoms with E-state index in [1.807, 2.05) is 38.1 Å². The van der Waals surface area contributed by atoms with Crippen LogP contribution in [0.15, 0.2) is 48.5 Å². The van der Waals surface area contributed by atoms with E-state index in [1.54, 1.807) is 24.3 Å². The normalized spacial score (nSPS) is 11.6. The number of benzene rings is 2. The van der Waals surface area contributed by atoms with Gasteiger partial charge in [-0.05, 0) is 31.0 Å². The lowest BCUT2D eigenvalue weighted by molar-refractivity contribution is -0.152. The molecule has 0 aromatic heterocycles. The third-order valence-electron chi connectivity index (χ3n) is 3.28. The van der Waals surface area contributed by atoms with Crippen molar-refractivity contribution in [2.24, 2.45) is 0 Å². The van der Waals surface area contributed by atoms with Crippen LogP contribution >= 0.6 is 0 Å². The number of carbonyl (C=O) groups is 2. The smallest absolute Gasteiger partial charge is 0.303 e. The molecule has 2 aromatic rings. The van der Waals surface area contributed by atoms with Gasteiger partial charge in [0, 0.05) is 18.2 Å². The topological polar surface area (TPSA) is 55.4 Å². The molecular weight excluding hydrogens is 278 g/mol. The van der Waals surface area contributed by atoms with E-state index in [0.717, 1.165) is 16.8 Å². The lowest BCUT2D eigenvalue weighted by atomic mass is 10.1. The van der Waals surface area contributed by atoms with E-state index in [-0.39, 0.29) is 5.91 Å². The van der Waals surface area contributed by atoms with E-state index in [1.165, 1.54) is 6.92 Å². The van der Waals surface area contributed by atoms with Crippen LogP contribution in [0.4, 0.5) is 5.69 Å². The molecular formula is C18H19NO3. The molecule has 1 N–H and O–H groups in total. The molecule has 0 aliphatic heterocycles. The van der Waals surface area contributed by atoms with Crippen molar-refractivity contribution in [1.82, 2.24) is 0 Å². The predicted molar refractivity (Wildman–Crippen MR) is 85.5 cm³/mol. The molecule has 22 heavy (non-hydrogen) atoms. The van der Waals surface area contributed by atoms with Gasteiger partial charge in [-0.1, -0.05) is 42.5 Å². The van der Waals surface area contributed by atoms with E-state index in [2.05, 4.69) is 5.32 Å². The highest BCUT2D eigenvalue weighted by atomic mass is 16.5. The van der Waals surface area contributed by atoms with Crippen LogP contribution in [0.25, 0.3) is 0 Å². The second-order valence-electron chi connectivity index (χ2n) is 5.21. The Balaban J connectivity index is 2.26. The first-order valence-corrected chi connectivity index (χ1v) is 7.07. The van der Waals surface area contributed by atoms with E-state index >= 15 is 0 Å². The highest BCUT2D eigenvalue weighted by Crippen LogP contribution is 2.22. The number of amides is 1. The van der Waals surface area contributed by atoms with Gasteiger partial charge in [-0.3, -0.25) is 9.59 Å². The molecule has 4 nitrogen and oxygen atoms in total. The van der Waals surface area contributed by atoms with Crippen LogP contribution in [0.3, 0.4) is 0 Å². The summed E-state index contributed by atoms with van der Waals surface area (Å²) >= 11 is 0. The Morgan fingerprint density at radius 3 is 2.36 bits per heavy atom. The Kier molecular flexibility index (Phi) is 4.94. The average Bonchev–Trinajstić information content (AvgIpc) is 2.49. The zero-order valence-corrected chi connectivity index (χ0v) is 12.9. The molecule has 1 atom stereocenters. The predicted octanol–water partition coefficient (Wildman–Crippen LogP) is 3.55. The van der Waals surface area contributed by atoms with Gasteiger partial charge in [0.1, 0.15) is 0 Å². The van der Waals surface area contributed by atoms with Gasteiger partial charge in [-0.25, -0.2) is 0 Å². The van der Waals surface area contributed by atoms with Crippen LogP contribution in [0.1, 0.15) is 29.7 Å². The van der Waals surface area contributed by atoms with Crippen molar-refractivity contribution < 1.29 is 14.3 Å². The summed E-state index contributed by atoms with van der Waals surface area (Å²) in [5.41, 5.74) is 3.36. The van der Waals surface area contributed by atoms with Crippen LogP contribution in [0.5, 0.6) is 0 Å². The molecule has 0 aliphatic rings. The van der Waals surface area contributed by atoms with Crippen molar-refractivity contribution in [3.05, 3.63) is 65.2 Å². The van der Waals surface area contributed by atoms with E-state index < -0.39 is 12.1 Å². The Hall–Kier alpha value is -2.62. The first-order chi connectivity index (χ1) is 10.5. The summed E-state index contributed by atoms with van der Waals surface area (Å²) in [6.45, 7) is 5.16. The van der Waals surface area contributed by atoms with Crippen molar-refractivity contribution in [3.63, 3.8) is 0 Å². The molecule has 0 heterocycles. The van der Waals surface area contributed by atoms with E-state index in [9.17, 15) is 9.59 Å². The number of hydrogen-bond donors (Lipinski definition) is 1. The standard InChI is InChI=1S/C18H19NO3/c1-12-9-10-13(2)16(11-12)19-18(21)17(22-14(3)20)15-7-5-4-6-8-15/h4-11,17H,1-3H3,(H,19,21)/t17-/m0/s1. The number of esters is 1. The molecule has 0 saturated heterocycles. The molecule has 0 spiro atoms. The second kappa shape index (κ2) is 6.89. The summed E-state index contributed by atoms with van der Waals surface area (Å²) in [6.07, 6.45) is -0.960. The Labute approximate surface area is 130 Å². The number of ether oxygens (including phenoxy) is 1. The first kappa shape index (κ1) is 15.8. The number of rotatable bonds is 4. The molecule has 0 unspecified atom stereocenters. The number of aryl methyl sites for hydroxylation is 2. The van der Waals surface area contributed by atoms with Gasteiger partial charge in [0.15, 0.2) is 0 Å². The molecule has 114 valence electrons. The van der Waals surface area contributed by atoms with Crippen molar-refractivity contribution in [2.75, 3.05) is 5.32 Å². The molecule has 2 rings (SSSR count). The van der Waals surface area contributed by atoms with E-state index in [4.69, 9.17) is 4.74 Å². The van der Waals surface area contributed by atoms with Crippen molar-refractivity contribution in [2.45, 2.75) is 26.9 Å². The van der Waals surface area contributed by atoms with Crippen LogP contribution in [-0.2, 0) is 14.3 Å². The van der Waals surface area contributed by atoms with E-state index in [0.29, 0.717) is 5.56 Å². The fourth-order valence-corrected chi connectivity index (χ4v) is 2.14. The molecule has 0 bridgehead atoms. The summed E-state index contributed by atoms with van der Waals surface area (Å²) in [5.74, 6) is -0.861. The average molecular weight is 297 g/mol. The number of carbonyl (C=O) groups excluding carboxylic acids is 2. The minimum Gasteiger partial charge on any atom is -0.447 e. The van der Waals surface area contributed by atoms with Gasteiger partial charge >= 0.3 is 5.97 Å². The van der Waals surface area contributed by atoms with Gasteiger partial charge in [0.2, 0.25) is 6.10 Å². The van der Waals surface area contributed by atoms with Crippen LogP contribution in [0, 0.1) is 13.8 Å². The number of anilines is 1. The van der Waals surface area contributed by atoms with Crippen LogP contribution < -0.4 is 5.32 Å². The second-order valence-corrected chi connectivity index (χ2v) is 5.21. The summed E-state index contributed by atoms with van der Waals surface area (Å²) in [4.78, 5) is 23.8. The van der Waals surface area contributed by atoms with Gasteiger partial charge in [0.05, 0.1) is 0 Å². The highest BCUT2D eigenvalue weighted by molar-refractivity contribution is 5.96. The summed E-state index contributed by atoms with van der Waals surface area (Å²) < 4.78 is 5.19. The Bertz CT molecular complexity index is 680. The van der Waals surface area contributed by atoms with Gasteiger partial charge in [-0.15, -0.1) is 0 Å². The number of hydrogen-bond acceptors (Lipinski definition) is 3. The summed E-state index contributed by atoms with van der Waals surface area (Å²) in [5, 5.41) is 2.84. The zero-order chi connectivity index (χ0) is 16.1. The quantitative estimate of drug-likeness (QED) is 0.878. The largest absolute Gasteiger partial charge is 0.447 e. The van der Waals surface area contributed by atoms with Gasteiger partial charge in [0.25, 0.3) is 5.91 Å². The van der Waals surface area contributed by atoms with Crippen molar-refractivity contribution >= 4 is 17.6 Å². The SMILES string of the molecule is CC(=O)O[C@H](C(=O)Nc1cc(C)ccc1C)c1ccccc1. The molecule has 4 heteroatoms. The maximum Gasteiger partial charge on any atom is 0.303 e. The minimum atomic E-state index is -0.960. The monoisotopic (exact) mass is 297 g/mol. The number of nitrogens with one attached hydrogen (secondary N) is 1. The van der Waals surface area contributed by atoms with Gasteiger partial charge < -0.3 is 10.1 Å². The molecule has 2 aromatic carbocycles. The molecule has 0 aliphatic carbocycles. The van der Waals surface area contributed by atoms with Crippen LogP contribution in [-0.4, -0.2) is 11.9 Å². The van der Waals surface area contributed by atoms with Crippen molar-refractivity contribution in [3.8, 4) is 0 Å². The van der Waals surface area contributed by atoms with Gasteiger partial charge in [-0.2, -0.15) is 0 Å². The maximum absolute atomic E-state index is 12.5. The fourth-order valence-electron chi connectivity index (χ4n) is 2.14. The third kappa shape index (κ3) is 3.95.